The van der Waals surface area contributed by atoms with Crippen LogP contribution < -0.4 is 0 Å². The zero-order chi connectivity index (χ0) is 22.7. The summed E-state index contributed by atoms with van der Waals surface area (Å²) in [7, 11) is 0. The summed E-state index contributed by atoms with van der Waals surface area (Å²) in [5, 5.41) is 10.2. The lowest BCUT2D eigenvalue weighted by Crippen LogP contribution is -2.27. The van der Waals surface area contributed by atoms with E-state index < -0.39 is 0 Å². The van der Waals surface area contributed by atoms with E-state index >= 15 is 0 Å². The maximum atomic E-state index is 10.2. The summed E-state index contributed by atoms with van der Waals surface area (Å²) >= 11 is 0. The number of benzene rings is 2. The van der Waals surface area contributed by atoms with Gasteiger partial charge in [-0.05, 0) is 49.5 Å². The summed E-state index contributed by atoms with van der Waals surface area (Å²) < 4.78 is 6.02. The Bertz CT molecular complexity index is 1080. The van der Waals surface area contributed by atoms with Crippen molar-refractivity contribution in [2.24, 2.45) is 0 Å². The topological polar surface area (TPSA) is 42.4 Å². The van der Waals surface area contributed by atoms with Gasteiger partial charge in [-0.3, -0.25) is 4.98 Å². The van der Waals surface area contributed by atoms with Gasteiger partial charge in [-0.1, -0.05) is 79.6 Å². The molecule has 0 radical (unpaired) electrons. The third-order valence-electron chi connectivity index (χ3n) is 6.00. The van der Waals surface area contributed by atoms with Gasteiger partial charge in [0.25, 0.3) is 0 Å². The molecule has 1 saturated heterocycles. The molecule has 1 aliphatic heterocycles. The molecular formula is C29H33NO2. The largest absolute Gasteiger partial charge is 0.393 e. The predicted molar refractivity (Wildman–Crippen MR) is 132 cm³/mol. The van der Waals surface area contributed by atoms with Gasteiger partial charge in [0.05, 0.1) is 23.6 Å². The lowest BCUT2D eigenvalue weighted by atomic mass is 9.88. The van der Waals surface area contributed by atoms with Gasteiger partial charge in [-0.15, -0.1) is 0 Å². The highest BCUT2D eigenvalue weighted by molar-refractivity contribution is 5.82. The molecule has 0 saturated carbocycles. The first-order valence-corrected chi connectivity index (χ1v) is 11.6. The van der Waals surface area contributed by atoms with E-state index in [1.807, 2.05) is 18.2 Å². The second-order valence-corrected chi connectivity index (χ2v) is 9.19. The first kappa shape index (κ1) is 22.4. The summed E-state index contributed by atoms with van der Waals surface area (Å²) in [5.41, 5.74) is 9.08. The number of ether oxygens (including phenoxy) is 1. The average Bonchev–Trinajstić information content (AvgIpc) is 2.77. The molecule has 2 heterocycles. The Kier molecular flexibility index (Phi) is 6.88. The summed E-state index contributed by atoms with van der Waals surface area (Å²) in [5.74, 6) is 0.265. The molecule has 0 spiro atoms. The zero-order valence-electron chi connectivity index (χ0n) is 19.5. The number of aliphatic hydroxyl groups excluding tert-OH is 1. The highest BCUT2D eigenvalue weighted by Gasteiger charge is 2.22. The van der Waals surface area contributed by atoms with Gasteiger partial charge in [0.15, 0.2) is 0 Å². The van der Waals surface area contributed by atoms with Crippen LogP contribution in [0.3, 0.4) is 0 Å². The molecular weight excluding hydrogens is 394 g/mol. The Hall–Kier alpha value is -2.75. The van der Waals surface area contributed by atoms with Crippen molar-refractivity contribution in [2.75, 3.05) is 6.61 Å². The second-order valence-electron chi connectivity index (χ2n) is 9.19. The Morgan fingerprint density at radius 1 is 1.03 bits per heavy atom. The lowest BCUT2D eigenvalue weighted by Gasteiger charge is -2.26. The number of rotatable bonds is 5. The van der Waals surface area contributed by atoms with Crippen molar-refractivity contribution in [3.63, 3.8) is 0 Å². The van der Waals surface area contributed by atoms with Crippen LogP contribution in [0.1, 0.15) is 60.6 Å². The van der Waals surface area contributed by atoms with Gasteiger partial charge >= 0.3 is 0 Å². The SMILES string of the molecule is Cc1cc(C)cc(C(=C[C@H]2CC(O)CCO2)c2ccc(-c3ccccc3)nc2C(C)C)c1. The summed E-state index contributed by atoms with van der Waals surface area (Å²) in [6.07, 6.45) is 3.10. The molecule has 0 amide bonds. The molecule has 0 aliphatic carbocycles. The van der Waals surface area contributed by atoms with Crippen molar-refractivity contribution in [3.8, 4) is 11.3 Å². The van der Waals surface area contributed by atoms with E-state index in [4.69, 9.17) is 9.72 Å². The summed E-state index contributed by atoms with van der Waals surface area (Å²) in [6, 6.07) is 21.3. The minimum Gasteiger partial charge on any atom is -0.393 e. The molecule has 0 bridgehead atoms. The monoisotopic (exact) mass is 427 g/mol. The molecule has 3 nitrogen and oxygen atoms in total. The first-order valence-electron chi connectivity index (χ1n) is 11.6. The highest BCUT2D eigenvalue weighted by atomic mass is 16.5. The molecule has 3 heteroatoms. The Balaban J connectivity index is 1.86. The van der Waals surface area contributed by atoms with E-state index in [0.717, 1.165) is 28.1 Å². The summed E-state index contributed by atoms with van der Waals surface area (Å²) in [6.45, 7) is 9.25. The second kappa shape index (κ2) is 9.81. The van der Waals surface area contributed by atoms with Gasteiger partial charge < -0.3 is 9.84 Å². The minimum absolute atomic E-state index is 0.108. The smallest absolute Gasteiger partial charge is 0.0789 e. The fourth-order valence-corrected chi connectivity index (χ4v) is 4.50. The molecule has 32 heavy (non-hydrogen) atoms. The molecule has 2 aromatic carbocycles. The molecule has 1 fully saturated rings. The van der Waals surface area contributed by atoms with Crippen LogP contribution in [0.15, 0.2) is 66.7 Å². The average molecular weight is 428 g/mol. The molecule has 166 valence electrons. The number of aromatic nitrogens is 1. The number of aliphatic hydroxyl groups is 1. The third kappa shape index (κ3) is 5.17. The zero-order valence-corrected chi connectivity index (χ0v) is 19.5. The molecule has 1 aliphatic rings. The van der Waals surface area contributed by atoms with Crippen LogP contribution in [0.2, 0.25) is 0 Å². The van der Waals surface area contributed by atoms with E-state index in [1.165, 1.54) is 16.7 Å². The predicted octanol–water partition coefficient (Wildman–Crippen LogP) is 6.46. The molecule has 3 aromatic rings. The first-order chi connectivity index (χ1) is 15.4. The van der Waals surface area contributed by atoms with Crippen LogP contribution in [-0.4, -0.2) is 28.9 Å². The van der Waals surface area contributed by atoms with Crippen LogP contribution in [0.5, 0.6) is 0 Å². The number of aryl methyl sites for hydroxylation is 2. The molecule has 1 aromatic heterocycles. The van der Waals surface area contributed by atoms with Crippen LogP contribution in [-0.2, 0) is 4.74 Å². The van der Waals surface area contributed by atoms with Gasteiger partial charge in [-0.2, -0.15) is 0 Å². The van der Waals surface area contributed by atoms with Crippen molar-refractivity contribution in [1.82, 2.24) is 4.98 Å². The van der Waals surface area contributed by atoms with Crippen LogP contribution in [0.4, 0.5) is 0 Å². The van der Waals surface area contributed by atoms with E-state index in [1.54, 1.807) is 0 Å². The fraction of sp³-hybridized carbons (Fsp3) is 0.345. The Morgan fingerprint density at radius 3 is 2.41 bits per heavy atom. The van der Waals surface area contributed by atoms with E-state index in [-0.39, 0.29) is 18.1 Å². The van der Waals surface area contributed by atoms with Crippen molar-refractivity contribution in [3.05, 3.63) is 94.7 Å². The van der Waals surface area contributed by atoms with Gasteiger partial charge in [0.2, 0.25) is 0 Å². The van der Waals surface area contributed by atoms with E-state index in [2.05, 4.69) is 76.2 Å². The molecule has 2 atom stereocenters. The van der Waals surface area contributed by atoms with Gasteiger partial charge in [0.1, 0.15) is 0 Å². The lowest BCUT2D eigenvalue weighted by molar-refractivity contribution is -0.0208. The van der Waals surface area contributed by atoms with Crippen LogP contribution >= 0.6 is 0 Å². The molecule has 1 N–H and O–H groups in total. The number of hydrogen-bond acceptors (Lipinski definition) is 3. The van der Waals surface area contributed by atoms with Crippen molar-refractivity contribution in [2.45, 2.75) is 58.7 Å². The van der Waals surface area contributed by atoms with Gasteiger partial charge in [0, 0.05) is 24.2 Å². The maximum Gasteiger partial charge on any atom is 0.0789 e. The fourth-order valence-electron chi connectivity index (χ4n) is 4.50. The van der Waals surface area contributed by atoms with Crippen LogP contribution in [0, 0.1) is 13.8 Å². The third-order valence-corrected chi connectivity index (χ3v) is 6.00. The van der Waals surface area contributed by atoms with Crippen molar-refractivity contribution >= 4 is 5.57 Å². The molecule has 4 rings (SSSR count). The van der Waals surface area contributed by atoms with E-state index in [0.29, 0.717) is 19.4 Å². The minimum atomic E-state index is -0.311. The Labute approximate surface area is 191 Å². The van der Waals surface area contributed by atoms with Crippen molar-refractivity contribution < 1.29 is 9.84 Å². The number of hydrogen-bond donors (Lipinski definition) is 1. The summed E-state index contributed by atoms with van der Waals surface area (Å²) in [4.78, 5) is 5.11. The van der Waals surface area contributed by atoms with E-state index in [9.17, 15) is 5.11 Å². The van der Waals surface area contributed by atoms with Crippen LogP contribution in [0.25, 0.3) is 16.8 Å². The normalized spacial score (nSPS) is 19.4. The number of nitrogens with zero attached hydrogens (tertiary/aromatic N) is 1. The quantitative estimate of drug-likeness (QED) is 0.508. The maximum absolute atomic E-state index is 10.2. The highest BCUT2D eigenvalue weighted by Crippen LogP contribution is 2.34. The number of pyridine rings is 1. The standard InChI is InChI=1S/C29H33NO2/c1-19(2)29-26(10-11-28(30-29)22-8-6-5-7-9-22)27(18-25-17-24(31)12-13-32-25)23-15-20(3)14-21(4)16-23/h5-11,14-16,18-19,24-25,31H,12-13,17H2,1-4H3/t24?,25-/m1/s1. The van der Waals surface area contributed by atoms with Gasteiger partial charge in [-0.25, -0.2) is 0 Å². The van der Waals surface area contributed by atoms with Crippen molar-refractivity contribution in [1.29, 1.82) is 0 Å². The molecule has 1 unspecified atom stereocenters. The Morgan fingerprint density at radius 2 is 1.75 bits per heavy atom.